The Hall–Kier alpha value is -1.54. The molecule has 0 amide bonds. The molecule has 2 aliphatic rings. The van der Waals surface area contributed by atoms with E-state index in [1.54, 1.807) is 4.31 Å². The zero-order chi connectivity index (χ0) is 20.3. The fraction of sp³-hybridized carbons (Fsp3) is 0.524. The molecule has 1 atom stereocenters. The summed E-state index contributed by atoms with van der Waals surface area (Å²) < 4.78 is 27.8. The van der Waals surface area contributed by atoms with Crippen LogP contribution in [0.2, 0.25) is 5.02 Å². The minimum atomic E-state index is -3.20. The summed E-state index contributed by atoms with van der Waals surface area (Å²) in [5, 5.41) is 0.498. The molecule has 156 valence electrons. The maximum atomic E-state index is 13.1. The summed E-state index contributed by atoms with van der Waals surface area (Å²) in [5.41, 5.74) is 2.10. The van der Waals surface area contributed by atoms with E-state index in [-0.39, 0.29) is 11.3 Å². The van der Waals surface area contributed by atoms with Gasteiger partial charge in [-0.05, 0) is 30.5 Å². The van der Waals surface area contributed by atoms with E-state index in [1.807, 2.05) is 36.7 Å². The van der Waals surface area contributed by atoms with E-state index in [9.17, 15) is 8.42 Å². The maximum absolute atomic E-state index is 13.1. The standard InChI is InChI=1S/C21H27ClN4O2S/c22-19-8-6-17(7-9-19)21(18-14-23-16-24-15-18)25-10-12-26(13-11-25)29(27,28)20-4-2-1-3-5-20/h6-9,14-16,20-21H,1-5,10-13H2. The summed E-state index contributed by atoms with van der Waals surface area (Å²) >= 11 is 6.08. The molecule has 0 spiro atoms. The molecule has 1 aromatic heterocycles. The van der Waals surface area contributed by atoms with Gasteiger partial charge in [-0.15, -0.1) is 0 Å². The molecule has 8 heteroatoms. The molecule has 1 unspecified atom stereocenters. The third-order valence-corrected chi connectivity index (χ3v) is 8.70. The average molecular weight is 435 g/mol. The van der Waals surface area contributed by atoms with Crippen LogP contribution in [0.1, 0.15) is 49.3 Å². The first-order chi connectivity index (χ1) is 14.1. The van der Waals surface area contributed by atoms with E-state index in [1.165, 1.54) is 6.33 Å². The molecule has 1 aromatic carbocycles. The highest BCUT2D eigenvalue weighted by molar-refractivity contribution is 7.89. The van der Waals surface area contributed by atoms with Crippen molar-refractivity contribution >= 4 is 21.6 Å². The van der Waals surface area contributed by atoms with Crippen molar-refractivity contribution in [3.8, 4) is 0 Å². The van der Waals surface area contributed by atoms with Crippen molar-refractivity contribution in [2.45, 2.75) is 43.4 Å². The number of halogens is 1. The Balaban J connectivity index is 1.52. The van der Waals surface area contributed by atoms with Gasteiger partial charge in [0.15, 0.2) is 0 Å². The zero-order valence-electron chi connectivity index (χ0n) is 16.5. The largest absolute Gasteiger partial charge is 0.290 e. The number of hydrogen-bond acceptors (Lipinski definition) is 5. The van der Waals surface area contributed by atoms with Crippen LogP contribution in [0, 0.1) is 0 Å². The lowest BCUT2D eigenvalue weighted by atomic mass is 9.99. The fourth-order valence-corrected chi connectivity index (χ4v) is 6.65. The van der Waals surface area contributed by atoms with E-state index in [0.29, 0.717) is 31.2 Å². The summed E-state index contributed by atoms with van der Waals surface area (Å²) in [7, 11) is -3.20. The smallest absolute Gasteiger partial charge is 0.217 e. The molecule has 4 rings (SSSR count). The minimum absolute atomic E-state index is 0.0204. The van der Waals surface area contributed by atoms with Gasteiger partial charge in [0.25, 0.3) is 0 Å². The van der Waals surface area contributed by atoms with Gasteiger partial charge in [-0.3, -0.25) is 4.90 Å². The lowest BCUT2D eigenvalue weighted by Gasteiger charge is -2.40. The van der Waals surface area contributed by atoms with Gasteiger partial charge in [-0.1, -0.05) is 43.0 Å². The number of sulfonamides is 1. The number of benzene rings is 1. The Morgan fingerprint density at radius 2 is 1.52 bits per heavy atom. The predicted octanol–water partition coefficient (Wildman–Crippen LogP) is 3.50. The van der Waals surface area contributed by atoms with E-state index < -0.39 is 10.0 Å². The van der Waals surface area contributed by atoms with Crippen LogP contribution in [0.5, 0.6) is 0 Å². The van der Waals surface area contributed by atoms with Crippen LogP contribution in [0.3, 0.4) is 0 Å². The van der Waals surface area contributed by atoms with Crippen molar-refractivity contribution in [1.29, 1.82) is 0 Å². The molecule has 1 saturated heterocycles. The van der Waals surface area contributed by atoms with Gasteiger partial charge in [-0.2, -0.15) is 4.31 Å². The van der Waals surface area contributed by atoms with Crippen LogP contribution in [0.4, 0.5) is 0 Å². The maximum Gasteiger partial charge on any atom is 0.217 e. The summed E-state index contributed by atoms with van der Waals surface area (Å²) in [5.74, 6) is 0. The van der Waals surface area contributed by atoms with E-state index in [2.05, 4.69) is 14.9 Å². The van der Waals surface area contributed by atoms with Gasteiger partial charge < -0.3 is 0 Å². The second kappa shape index (κ2) is 9.08. The van der Waals surface area contributed by atoms with Crippen LogP contribution in [0.25, 0.3) is 0 Å². The predicted molar refractivity (Wildman–Crippen MR) is 114 cm³/mol. The summed E-state index contributed by atoms with van der Waals surface area (Å²) in [6.07, 6.45) is 10.00. The van der Waals surface area contributed by atoms with Crippen LogP contribution < -0.4 is 0 Å². The Morgan fingerprint density at radius 1 is 0.897 bits per heavy atom. The SMILES string of the molecule is O=S(=O)(C1CCCCC1)N1CCN(C(c2ccc(Cl)cc2)c2cncnc2)CC1. The molecule has 1 aliphatic carbocycles. The average Bonchev–Trinajstić information content (AvgIpc) is 2.77. The third kappa shape index (κ3) is 4.63. The second-order valence-electron chi connectivity index (χ2n) is 7.87. The zero-order valence-corrected chi connectivity index (χ0v) is 18.0. The highest BCUT2D eigenvalue weighted by atomic mass is 35.5. The number of aromatic nitrogens is 2. The van der Waals surface area contributed by atoms with Gasteiger partial charge in [-0.25, -0.2) is 18.4 Å². The molecule has 6 nitrogen and oxygen atoms in total. The van der Waals surface area contributed by atoms with Gasteiger partial charge in [0.05, 0.1) is 11.3 Å². The highest BCUT2D eigenvalue weighted by Crippen LogP contribution is 2.31. The van der Waals surface area contributed by atoms with Gasteiger partial charge in [0.1, 0.15) is 6.33 Å². The molecule has 0 radical (unpaired) electrons. The van der Waals surface area contributed by atoms with E-state index in [0.717, 1.165) is 43.2 Å². The van der Waals surface area contributed by atoms with Crippen LogP contribution in [-0.2, 0) is 10.0 Å². The quantitative estimate of drug-likeness (QED) is 0.720. The van der Waals surface area contributed by atoms with Gasteiger partial charge in [0.2, 0.25) is 10.0 Å². The number of rotatable bonds is 5. The molecule has 1 saturated carbocycles. The number of nitrogens with zero attached hydrogens (tertiary/aromatic N) is 4. The third-order valence-electron chi connectivity index (χ3n) is 6.05. The molecule has 2 fully saturated rings. The van der Waals surface area contributed by atoms with E-state index >= 15 is 0 Å². The Labute approximate surface area is 178 Å². The van der Waals surface area contributed by atoms with Crippen molar-refractivity contribution in [3.05, 3.63) is 59.1 Å². The summed E-state index contributed by atoms with van der Waals surface area (Å²) in [6.45, 7) is 2.40. The Kier molecular flexibility index (Phi) is 6.49. The van der Waals surface area contributed by atoms with Crippen LogP contribution in [-0.4, -0.2) is 59.0 Å². The minimum Gasteiger partial charge on any atom is -0.290 e. The van der Waals surface area contributed by atoms with Crippen molar-refractivity contribution in [2.75, 3.05) is 26.2 Å². The molecular weight excluding hydrogens is 408 g/mol. The van der Waals surface area contributed by atoms with Crippen molar-refractivity contribution in [3.63, 3.8) is 0 Å². The monoisotopic (exact) mass is 434 g/mol. The van der Waals surface area contributed by atoms with Crippen molar-refractivity contribution in [1.82, 2.24) is 19.2 Å². The first kappa shape index (κ1) is 20.7. The van der Waals surface area contributed by atoms with E-state index in [4.69, 9.17) is 11.6 Å². The molecule has 29 heavy (non-hydrogen) atoms. The summed E-state index contributed by atoms with van der Waals surface area (Å²) in [4.78, 5) is 10.7. The highest BCUT2D eigenvalue weighted by Gasteiger charge is 2.36. The van der Waals surface area contributed by atoms with Gasteiger partial charge >= 0.3 is 0 Å². The lowest BCUT2D eigenvalue weighted by Crippen LogP contribution is -2.52. The molecule has 0 bridgehead atoms. The van der Waals surface area contributed by atoms with Gasteiger partial charge in [0, 0.05) is 49.2 Å². The van der Waals surface area contributed by atoms with Crippen molar-refractivity contribution in [2.24, 2.45) is 0 Å². The summed E-state index contributed by atoms with van der Waals surface area (Å²) in [6, 6.07) is 7.79. The first-order valence-electron chi connectivity index (χ1n) is 10.3. The van der Waals surface area contributed by atoms with Crippen LogP contribution >= 0.6 is 11.6 Å². The lowest BCUT2D eigenvalue weighted by molar-refractivity contribution is 0.154. The molecular formula is C21H27ClN4O2S. The second-order valence-corrected chi connectivity index (χ2v) is 10.5. The molecule has 1 aliphatic heterocycles. The molecule has 2 heterocycles. The number of piperazine rings is 1. The Morgan fingerprint density at radius 3 is 2.14 bits per heavy atom. The fourth-order valence-electron chi connectivity index (χ4n) is 4.50. The molecule has 0 N–H and O–H groups in total. The van der Waals surface area contributed by atoms with Crippen LogP contribution in [0.15, 0.2) is 43.0 Å². The normalized spacial score (nSPS) is 21.1. The van der Waals surface area contributed by atoms with Crippen molar-refractivity contribution < 1.29 is 8.42 Å². The molecule has 2 aromatic rings. The number of hydrogen-bond donors (Lipinski definition) is 0. The topological polar surface area (TPSA) is 66.4 Å². The Bertz CT molecular complexity index is 894. The first-order valence-corrected chi connectivity index (χ1v) is 12.2.